The zero-order valence-corrected chi connectivity index (χ0v) is 12.3. The molecule has 0 unspecified atom stereocenters. The first-order chi connectivity index (χ1) is 9.20. The van der Waals surface area contributed by atoms with Crippen molar-refractivity contribution in [1.29, 1.82) is 0 Å². The topological polar surface area (TPSA) is 26.3 Å². The second kappa shape index (κ2) is 6.53. The van der Waals surface area contributed by atoms with Crippen LogP contribution in [0.2, 0.25) is 0 Å². The standard InChI is InChI=1S/C16H15BrO2/c1-12(18)19-9-8-16(11-17)15-7-6-13-4-2-3-5-14(13)10-15/h2-8,10H,9,11H2,1H3/b16-8-. The minimum absolute atomic E-state index is 0.260. The van der Waals surface area contributed by atoms with Crippen LogP contribution in [0.3, 0.4) is 0 Å². The van der Waals surface area contributed by atoms with E-state index >= 15 is 0 Å². The highest BCUT2D eigenvalue weighted by atomic mass is 79.9. The van der Waals surface area contributed by atoms with E-state index < -0.39 is 0 Å². The number of benzene rings is 2. The Morgan fingerprint density at radius 1 is 1.21 bits per heavy atom. The summed E-state index contributed by atoms with van der Waals surface area (Å²) in [7, 11) is 0. The predicted octanol–water partition coefficient (Wildman–Crippen LogP) is 4.18. The van der Waals surface area contributed by atoms with Crippen LogP contribution < -0.4 is 0 Å². The number of carbonyl (C=O) groups excluding carboxylic acids is 1. The smallest absolute Gasteiger partial charge is 0.302 e. The van der Waals surface area contributed by atoms with Crippen molar-refractivity contribution >= 4 is 38.2 Å². The molecule has 0 bridgehead atoms. The molecule has 0 aromatic heterocycles. The molecule has 0 spiro atoms. The molecule has 19 heavy (non-hydrogen) atoms. The van der Waals surface area contributed by atoms with Gasteiger partial charge in [0.15, 0.2) is 0 Å². The van der Waals surface area contributed by atoms with Crippen LogP contribution >= 0.6 is 15.9 Å². The average Bonchev–Trinajstić information content (AvgIpc) is 2.43. The average molecular weight is 319 g/mol. The summed E-state index contributed by atoms with van der Waals surface area (Å²) >= 11 is 3.48. The van der Waals surface area contributed by atoms with Crippen molar-refractivity contribution in [2.75, 3.05) is 11.9 Å². The number of halogens is 1. The van der Waals surface area contributed by atoms with Gasteiger partial charge in [-0.2, -0.15) is 0 Å². The molecule has 0 amide bonds. The van der Waals surface area contributed by atoms with Gasteiger partial charge in [-0.05, 0) is 34.1 Å². The summed E-state index contributed by atoms with van der Waals surface area (Å²) < 4.78 is 4.95. The Kier molecular flexibility index (Phi) is 4.74. The lowest BCUT2D eigenvalue weighted by molar-refractivity contribution is -0.139. The van der Waals surface area contributed by atoms with Crippen molar-refractivity contribution in [2.45, 2.75) is 6.92 Å². The number of allylic oxidation sites excluding steroid dienone is 1. The van der Waals surface area contributed by atoms with E-state index in [1.165, 1.54) is 17.7 Å². The summed E-state index contributed by atoms with van der Waals surface area (Å²) in [5, 5.41) is 3.16. The fourth-order valence-corrected chi connectivity index (χ4v) is 2.45. The fourth-order valence-electron chi connectivity index (χ4n) is 1.90. The number of hydrogen-bond acceptors (Lipinski definition) is 2. The van der Waals surface area contributed by atoms with Gasteiger partial charge in [-0.1, -0.05) is 52.3 Å². The minimum Gasteiger partial charge on any atom is -0.462 e. The van der Waals surface area contributed by atoms with Crippen molar-refractivity contribution in [1.82, 2.24) is 0 Å². The van der Waals surface area contributed by atoms with Gasteiger partial charge in [0.1, 0.15) is 6.61 Å². The molecule has 0 saturated carbocycles. The first-order valence-corrected chi connectivity index (χ1v) is 7.20. The Balaban J connectivity index is 2.27. The van der Waals surface area contributed by atoms with E-state index in [4.69, 9.17) is 4.74 Å². The zero-order valence-electron chi connectivity index (χ0n) is 10.7. The van der Waals surface area contributed by atoms with Crippen molar-refractivity contribution < 1.29 is 9.53 Å². The Hall–Kier alpha value is -1.61. The molecule has 0 heterocycles. The van der Waals surface area contributed by atoms with Gasteiger partial charge in [-0.15, -0.1) is 0 Å². The largest absolute Gasteiger partial charge is 0.462 e. The van der Waals surface area contributed by atoms with Crippen LogP contribution in [0.15, 0.2) is 48.5 Å². The second-order valence-corrected chi connectivity index (χ2v) is 4.79. The Morgan fingerprint density at radius 2 is 1.95 bits per heavy atom. The first-order valence-electron chi connectivity index (χ1n) is 6.08. The number of alkyl halides is 1. The van der Waals surface area contributed by atoms with Crippen LogP contribution in [-0.2, 0) is 9.53 Å². The van der Waals surface area contributed by atoms with Crippen molar-refractivity contribution in [3.63, 3.8) is 0 Å². The maximum Gasteiger partial charge on any atom is 0.302 e. The van der Waals surface area contributed by atoms with Gasteiger partial charge in [0.2, 0.25) is 0 Å². The number of esters is 1. The molecule has 0 N–H and O–H groups in total. The summed E-state index contributed by atoms with van der Waals surface area (Å²) in [6.45, 7) is 1.72. The van der Waals surface area contributed by atoms with E-state index in [0.717, 1.165) is 16.5 Å². The normalized spacial score (nSPS) is 11.6. The fraction of sp³-hybridized carbons (Fsp3) is 0.188. The SMILES string of the molecule is CC(=O)OC/C=C(/CBr)c1ccc2ccccc2c1. The van der Waals surface area contributed by atoms with Crippen LogP contribution in [0.4, 0.5) is 0 Å². The number of carbonyl (C=O) groups is 1. The van der Waals surface area contributed by atoms with Crippen LogP contribution in [0.5, 0.6) is 0 Å². The van der Waals surface area contributed by atoms with E-state index in [9.17, 15) is 4.79 Å². The van der Waals surface area contributed by atoms with E-state index in [1.54, 1.807) is 0 Å². The summed E-state index contributed by atoms with van der Waals surface area (Å²) in [5.41, 5.74) is 2.26. The number of rotatable bonds is 4. The van der Waals surface area contributed by atoms with Crippen LogP contribution in [-0.4, -0.2) is 17.9 Å². The zero-order chi connectivity index (χ0) is 13.7. The molecule has 0 aliphatic rings. The summed E-state index contributed by atoms with van der Waals surface area (Å²) in [5.74, 6) is -0.260. The molecule has 0 fully saturated rings. The number of ether oxygens (including phenoxy) is 1. The molecular weight excluding hydrogens is 304 g/mol. The molecule has 3 heteroatoms. The molecule has 2 rings (SSSR count). The molecule has 2 aromatic carbocycles. The van der Waals surface area contributed by atoms with Gasteiger partial charge in [0, 0.05) is 12.3 Å². The van der Waals surface area contributed by atoms with Crippen LogP contribution in [0.1, 0.15) is 12.5 Å². The third-order valence-corrected chi connectivity index (χ3v) is 3.48. The van der Waals surface area contributed by atoms with Crippen molar-refractivity contribution in [2.24, 2.45) is 0 Å². The Morgan fingerprint density at radius 3 is 2.63 bits per heavy atom. The quantitative estimate of drug-likeness (QED) is 0.624. The summed E-state index contributed by atoms with van der Waals surface area (Å²) in [6.07, 6.45) is 1.93. The third kappa shape index (κ3) is 3.67. The lowest BCUT2D eigenvalue weighted by atomic mass is 10.0. The maximum absolute atomic E-state index is 10.8. The molecular formula is C16H15BrO2. The number of hydrogen-bond donors (Lipinski definition) is 0. The van der Waals surface area contributed by atoms with Gasteiger partial charge >= 0.3 is 5.97 Å². The van der Waals surface area contributed by atoms with Crippen molar-refractivity contribution in [3.05, 3.63) is 54.1 Å². The van der Waals surface area contributed by atoms with Gasteiger partial charge in [-0.25, -0.2) is 0 Å². The van der Waals surface area contributed by atoms with Gasteiger partial charge in [-0.3, -0.25) is 4.79 Å². The number of fused-ring (bicyclic) bond motifs is 1. The summed E-state index contributed by atoms with van der Waals surface area (Å²) in [4.78, 5) is 10.8. The lowest BCUT2D eigenvalue weighted by Gasteiger charge is -2.07. The molecule has 2 aromatic rings. The maximum atomic E-state index is 10.8. The molecule has 0 radical (unpaired) electrons. The van der Waals surface area contributed by atoms with Gasteiger partial charge < -0.3 is 4.74 Å². The molecule has 98 valence electrons. The third-order valence-electron chi connectivity index (χ3n) is 2.88. The second-order valence-electron chi connectivity index (χ2n) is 4.23. The minimum atomic E-state index is -0.260. The highest BCUT2D eigenvalue weighted by molar-refractivity contribution is 9.09. The highest BCUT2D eigenvalue weighted by Gasteiger charge is 2.02. The van der Waals surface area contributed by atoms with E-state index in [0.29, 0.717) is 6.61 Å². The predicted molar refractivity (Wildman–Crippen MR) is 82.4 cm³/mol. The molecule has 2 nitrogen and oxygen atoms in total. The first kappa shape index (κ1) is 13.8. The molecule has 0 aliphatic carbocycles. The monoisotopic (exact) mass is 318 g/mol. The Labute approximate surface area is 121 Å². The molecule has 0 aliphatic heterocycles. The highest BCUT2D eigenvalue weighted by Crippen LogP contribution is 2.22. The van der Waals surface area contributed by atoms with Crippen molar-refractivity contribution in [3.8, 4) is 0 Å². The van der Waals surface area contributed by atoms with E-state index in [-0.39, 0.29) is 5.97 Å². The van der Waals surface area contributed by atoms with Crippen LogP contribution in [0, 0.1) is 0 Å². The van der Waals surface area contributed by atoms with Gasteiger partial charge in [0.05, 0.1) is 0 Å². The summed E-state index contributed by atoms with van der Waals surface area (Å²) in [6, 6.07) is 14.6. The van der Waals surface area contributed by atoms with Gasteiger partial charge in [0.25, 0.3) is 0 Å². The van der Waals surface area contributed by atoms with Crippen LogP contribution in [0.25, 0.3) is 16.3 Å². The Bertz CT molecular complexity index is 617. The van der Waals surface area contributed by atoms with E-state index in [2.05, 4.69) is 46.3 Å². The van der Waals surface area contributed by atoms with E-state index in [1.807, 2.05) is 18.2 Å². The lowest BCUT2D eigenvalue weighted by Crippen LogP contribution is -1.99. The molecule has 0 atom stereocenters. The molecule has 0 saturated heterocycles.